The fraction of sp³-hybridized carbons (Fsp3) is 0.333. The number of halogens is 2. The number of benzene rings is 1. The van der Waals surface area contributed by atoms with Crippen molar-refractivity contribution >= 4 is 27.1 Å². The molecule has 1 aliphatic rings. The Kier molecular flexibility index (Phi) is 2.72. The van der Waals surface area contributed by atoms with Crippen LogP contribution in [-0.2, 0) is 0 Å². The third-order valence-corrected chi connectivity index (χ3v) is 3.95. The standard InChI is InChI=1S/C12H12F2N2S/c13-8-1-2-9-10(7-8)17-12(14)11(9)16-5-3-15-4-6-16/h1-2,7,15H,3-6H2. The molecule has 2 aromatic rings. The van der Waals surface area contributed by atoms with Crippen LogP contribution >= 0.6 is 11.3 Å². The molecule has 1 N–H and O–H groups in total. The maximum absolute atomic E-state index is 14.0. The van der Waals surface area contributed by atoms with Crippen LogP contribution < -0.4 is 10.2 Å². The zero-order chi connectivity index (χ0) is 11.8. The van der Waals surface area contributed by atoms with E-state index in [0.717, 1.165) is 42.9 Å². The van der Waals surface area contributed by atoms with Gasteiger partial charge in [-0.1, -0.05) is 0 Å². The number of rotatable bonds is 1. The van der Waals surface area contributed by atoms with E-state index in [1.54, 1.807) is 6.07 Å². The second-order valence-electron chi connectivity index (χ2n) is 4.10. The molecule has 3 rings (SSSR count). The Morgan fingerprint density at radius 1 is 1.18 bits per heavy atom. The predicted octanol–water partition coefficient (Wildman–Crippen LogP) is 2.59. The quantitative estimate of drug-likeness (QED) is 0.841. The number of nitrogens with one attached hydrogen (secondary N) is 1. The van der Waals surface area contributed by atoms with Gasteiger partial charge < -0.3 is 10.2 Å². The molecule has 1 aromatic heterocycles. The molecule has 17 heavy (non-hydrogen) atoms. The number of nitrogens with zero attached hydrogens (tertiary/aromatic N) is 1. The lowest BCUT2D eigenvalue weighted by atomic mass is 10.2. The van der Waals surface area contributed by atoms with E-state index in [2.05, 4.69) is 5.32 Å². The van der Waals surface area contributed by atoms with Gasteiger partial charge in [0.25, 0.3) is 0 Å². The molecule has 2 heterocycles. The summed E-state index contributed by atoms with van der Waals surface area (Å²) >= 11 is 1.02. The summed E-state index contributed by atoms with van der Waals surface area (Å²) in [6, 6.07) is 4.45. The molecule has 0 unspecified atom stereocenters. The fourth-order valence-electron chi connectivity index (χ4n) is 2.21. The number of hydrogen-bond acceptors (Lipinski definition) is 3. The van der Waals surface area contributed by atoms with Gasteiger partial charge >= 0.3 is 0 Å². The van der Waals surface area contributed by atoms with Gasteiger partial charge in [-0.3, -0.25) is 0 Å². The number of hydrogen-bond donors (Lipinski definition) is 1. The smallest absolute Gasteiger partial charge is 0.201 e. The van der Waals surface area contributed by atoms with Crippen LogP contribution in [0.25, 0.3) is 10.1 Å². The largest absolute Gasteiger partial charge is 0.365 e. The Bertz CT molecular complexity index is 547. The maximum Gasteiger partial charge on any atom is 0.201 e. The molecule has 1 aromatic carbocycles. The van der Waals surface area contributed by atoms with Gasteiger partial charge in [0.2, 0.25) is 5.13 Å². The van der Waals surface area contributed by atoms with Crippen molar-refractivity contribution in [2.24, 2.45) is 0 Å². The van der Waals surface area contributed by atoms with Gasteiger partial charge in [-0.25, -0.2) is 4.39 Å². The lowest BCUT2D eigenvalue weighted by Gasteiger charge is -2.28. The Hall–Kier alpha value is -1.20. The van der Waals surface area contributed by atoms with Crippen LogP contribution in [0.15, 0.2) is 18.2 Å². The first-order valence-corrected chi connectivity index (χ1v) is 6.40. The zero-order valence-corrected chi connectivity index (χ0v) is 9.99. The van der Waals surface area contributed by atoms with Crippen molar-refractivity contribution in [3.8, 4) is 0 Å². The van der Waals surface area contributed by atoms with Crippen LogP contribution in [0.4, 0.5) is 14.5 Å². The first-order chi connectivity index (χ1) is 8.25. The Morgan fingerprint density at radius 3 is 2.71 bits per heavy atom. The second kappa shape index (κ2) is 4.23. The van der Waals surface area contributed by atoms with Crippen molar-refractivity contribution in [1.29, 1.82) is 0 Å². The molecule has 0 radical (unpaired) electrons. The summed E-state index contributed by atoms with van der Waals surface area (Å²) < 4.78 is 27.7. The second-order valence-corrected chi connectivity index (χ2v) is 5.10. The Balaban J connectivity index is 2.11. The molecule has 1 aliphatic heterocycles. The van der Waals surface area contributed by atoms with E-state index in [4.69, 9.17) is 0 Å². The minimum absolute atomic E-state index is 0.215. The first-order valence-electron chi connectivity index (χ1n) is 5.59. The predicted molar refractivity (Wildman–Crippen MR) is 66.8 cm³/mol. The summed E-state index contributed by atoms with van der Waals surface area (Å²) in [6.07, 6.45) is 0. The lowest BCUT2D eigenvalue weighted by Crippen LogP contribution is -2.43. The van der Waals surface area contributed by atoms with E-state index in [-0.39, 0.29) is 10.9 Å². The molecule has 5 heteroatoms. The molecule has 0 spiro atoms. The SMILES string of the molecule is Fc1ccc2c(N3CCNCC3)c(F)sc2c1. The van der Waals surface area contributed by atoms with Crippen molar-refractivity contribution in [3.05, 3.63) is 29.1 Å². The topological polar surface area (TPSA) is 15.3 Å². The Labute approximate surface area is 102 Å². The average Bonchev–Trinajstić information content (AvgIpc) is 2.65. The van der Waals surface area contributed by atoms with E-state index in [9.17, 15) is 8.78 Å². The van der Waals surface area contributed by atoms with Gasteiger partial charge in [-0.15, -0.1) is 11.3 Å². The van der Waals surface area contributed by atoms with Gasteiger partial charge in [0.05, 0.1) is 5.69 Å². The van der Waals surface area contributed by atoms with E-state index < -0.39 is 0 Å². The van der Waals surface area contributed by atoms with Crippen LogP contribution in [0.1, 0.15) is 0 Å². The number of fused-ring (bicyclic) bond motifs is 1. The molecular weight excluding hydrogens is 242 g/mol. The molecular formula is C12H12F2N2S. The minimum atomic E-state index is -0.314. The molecule has 2 nitrogen and oxygen atoms in total. The lowest BCUT2D eigenvalue weighted by molar-refractivity contribution is 0.576. The van der Waals surface area contributed by atoms with Gasteiger partial charge in [-0.2, -0.15) is 4.39 Å². The van der Waals surface area contributed by atoms with Crippen LogP contribution in [0.2, 0.25) is 0 Å². The van der Waals surface area contributed by atoms with Gasteiger partial charge in [0.15, 0.2) is 0 Å². The third kappa shape index (κ3) is 1.89. The summed E-state index contributed by atoms with van der Waals surface area (Å²) in [4.78, 5) is 2.03. The summed E-state index contributed by atoms with van der Waals surface area (Å²) in [7, 11) is 0. The molecule has 0 amide bonds. The van der Waals surface area contributed by atoms with Crippen molar-refractivity contribution in [1.82, 2.24) is 5.32 Å². The number of anilines is 1. The van der Waals surface area contributed by atoms with Crippen molar-refractivity contribution in [2.45, 2.75) is 0 Å². The van der Waals surface area contributed by atoms with Crippen molar-refractivity contribution in [2.75, 3.05) is 31.1 Å². The van der Waals surface area contributed by atoms with Crippen LogP contribution in [0.3, 0.4) is 0 Å². The normalized spacial score (nSPS) is 16.7. The maximum atomic E-state index is 14.0. The van der Waals surface area contributed by atoms with Gasteiger partial charge in [0, 0.05) is 36.3 Å². The van der Waals surface area contributed by atoms with E-state index in [0.29, 0.717) is 10.4 Å². The summed E-state index contributed by atoms with van der Waals surface area (Å²) in [6.45, 7) is 3.30. The summed E-state index contributed by atoms with van der Waals surface area (Å²) in [5.41, 5.74) is 0.631. The fourth-order valence-corrected chi connectivity index (χ4v) is 3.19. The van der Waals surface area contributed by atoms with Crippen molar-refractivity contribution in [3.63, 3.8) is 0 Å². The van der Waals surface area contributed by atoms with Crippen molar-refractivity contribution < 1.29 is 8.78 Å². The Morgan fingerprint density at radius 2 is 1.94 bits per heavy atom. The first kappa shape index (κ1) is 10.9. The highest BCUT2D eigenvalue weighted by Crippen LogP contribution is 2.37. The van der Waals surface area contributed by atoms with E-state index in [1.165, 1.54) is 12.1 Å². The molecule has 1 fully saturated rings. The summed E-state index contributed by atoms with van der Waals surface area (Å²) in [5.74, 6) is -0.314. The summed E-state index contributed by atoms with van der Waals surface area (Å²) in [5, 5.41) is 3.83. The van der Waals surface area contributed by atoms with Gasteiger partial charge in [0.1, 0.15) is 5.82 Å². The van der Waals surface area contributed by atoms with E-state index >= 15 is 0 Å². The van der Waals surface area contributed by atoms with Gasteiger partial charge in [-0.05, 0) is 18.2 Å². The van der Waals surface area contributed by atoms with E-state index in [1.807, 2.05) is 4.90 Å². The zero-order valence-electron chi connectivity index (χ0n) is 9.17. The van der Waals surface area contributed by atoms with Crippen LogP contribution in [0, 0.1) is 10.9 Å². The molecule has 0 aliphatic carbocycles. The highest BCUT2D eigenvalue weighted by atomic mass is 32.1. The minimum Gasteiger partial charge on any atom is -0.365 e. The van der Waals surface area contributed by atoms with Crippen LogP contribution in [-0.4, -0.2) is 26.2 Å². The molecule has 0 atom stereocenters. The number of piperazine rings is 1. The molecule has 0 bridgehead atoms. The highest BCUT2D eigenvalue weighted by molar-refractivity contribution is 7.18. The van der Waals surface area contributed by atoms with Crippen LogP contribution in [0.5, 0.6) is 0 Å². The molecule has 90 valence electrons. The third-order valence-electron chi connectivity index (χ3n) is 3.02. The highest BCUT2D eigenvalue weighted by Gasteiger charge is 2.20. The number of thiophene rings is 1. The molecule has 1 saturated heterocycles. The monoisotopic (exact) mass is 254 g/mol. The molecule has 0 saturated carbocycles. The average molecular weight is 254 g/mol.